The first kappa shape index (κ1) is 11.8. The third kappa shape index (κ3) is 1.78. The number of benzene rings is 2. The minimum absolute atomic E-state index is 0.149. The van der Waals surface area contributed by atoms with Gasteiger partial charge in [-0.1, -0.05) is 35.9 Å². The fourth-order valence-electron chi connectivity index (χ4n) is 2.87. The molecule has 0 fully saturated rings. The molecular formula is C16H13ClN2O. The van der Waals surface area contributed by atoms with E-state index < -0.39 is 0 Å². The van der Waals surface area contributed by atoms with Crippen molar-refractivity contribution in [1.29, 1.82) is 0 Å². The Morgan fingerprint density at radius 2 is 1.90 bits per heavy atom. The van der Waals surface area contributed by atoms with Gasteiger partial charge in [0.2, 0.25) is 0 Å². The van der Waals surface area contributed by atoms with E-state index in [-0.39, 0.29) is 12.0 Å². The summed E-state index contributed by atoms with van der Waals surface area (Å²) in [7, 11) is 0. The maximum atomic E-state index is 5.95. The summed E-state index contributed by atoms with van der Waals surface area (Å²) in [5, 5.41) is 5.28. The van der Waals surface area contributed by atoms with E-state index in [1.165, 1.54) is 5.56 Å². The van der Waals surface area contributed by atoms with E-state index in [1.807, 2.05) is 42.5 Å². The van der Waals surface area contributed by atoms with Gasteiger partial charge in [0.15, 0.2) is 0 Å². The van der Waals surface area contributed by atoms with Gasteiger partial charge in [0.25, 0.3) is 0 Å². The zero-order valence-corrected chi connectivity index (χ0v) is 11.5. The Bertz CT molecular complexity index is 681. The molecule has 20 heavy (non-hydrogen) atoms. The fraction of sp³-hybridized carbons (Fsp3) is 0.188. The van der Waals surface area contributed by atoms with Crippen molar-refractivity contribution in [2.75, 3.05) is 6.61 Å². The number of halogens is 1. The number of hydrogen-bond donors (Lipinski definition) is 1. The Hall–Kier alpha value is -2.00. The highest BCUT2D eigenvalue weighted by atomic mass is 35.5. The van der Waals surface area contributed by atoms with E-state index >= 15 is 0 Å². The number of hydrogen-bond acceptors (Lipinski definition) is 3. The lowest BCUT2D eigenvalue weighted by Crippen LogP contribution is -2.31. The molecule has 0 amide bonds. The van der Waals surface area contributed by atoms with Crippen LogP contribution in [0.25, 0.3) is 0 Å². The molecule has 4 rings (SSSR count). The molecule has 100 valence electrons. The molecule has 0 saturated heterocycles. The third-order valence-electron chi connectivity index (χ3n) is 3.89. The SMILES string of the molecule is Clc1ccc([C@H]2NN=C3c4ccccc4OC[C@H]32)cc1. The second-order valence-corrected chi connectivity index (χ2v) is 5.51. The van der Waals surface area contributed by atoms with Crippen molar-refractivity contribution in [3.05, 3.63) is 64.7 Å². The summed E-state index contributed by atoms with van der Waals surface area (Å²) in [5.74, 6) is 1.16. The molecule has 1 N–H and O–H groups in total. The van der Waals surface area contributed by atoms with Crippen LogP contribution in [0.4, 0.5) is 0 Å². The second kappa shape index (κ2) is 4.53. The van der Waals surface area contributed by atoms with Crippen LogP contribution in [0, 0.1) is 5.92 Å². The fourth-order valence-corrected chi connectivity index (χ4v) is 2.99. The topological polar surface area (TPSA) is 33.6 Å². The number of fused-ring (bicyclic) bond motifs is 3. The Labute approximate surface area is 122 Å². The van der Waals surface area contributed by atoms with E-state index in [1.54, 1.807) is 0 Å². The van der Waals surface area contributed by atoms with Crippen molar-refractivity contribution >= 4 is 17.3 Å². The molecule has 2 atom stereocenters. The first-order chi connectivity index (χ1) is 9.83. The quantitative estimate of drug-likeness (QED) is 0.871. The molecule has 0 aliphatic carbocycles. The summed E-state index contributed by atoms with van der Waals surface area (Å²) >= 11 is 5.95. The molecule has 2 aromatic rings. The summed E-state index contributed by atoms with van der Waals surface area (Å²) in [6.07, 6.45) is 0. The van der Waals surface area contributed by atoms with Crippen LogP contribution in [0.2, 0.25) is 5.02 Å². The van der Waals surface area contributed by atoms with Gasteiger partial charge in [-0.15, -0.1) is 0 Å². The van der Waals surface area contributed by atoms with Crippen LogP contribution in [0.1, 0.15) is 17.2 Å². The number of nitrogens with one attached hydrogen (secondary N) is 1. The molecule has 2 aliphatic rings. The molecule has 2 aliphatic heterocycles. The molecule has 0 bridgehead atoms. The van der Waals surface area contributed by atoms with Gasteiger partial charge in [0.1, 0.15) is 5.75 Å². The Morgan fingerprint density at radius 3 is 2.75 bits per heavy atom. The maximum absolute atomic E-state index is 5.95. The van der Waals surface area contributed by atoms with Gasteiger partial charge < -0.3 is 10.2 Å². The van der Waals surface area contributed by atoms with Crippen molar-refractivity contribution in [3.63, 3.8) is 0 Å². The predicted molar refractivity (Wildman–Crippen MR) is 79.3 cm³/mol. The number of rotatable bonds is 1. The zero-order valence-electron chi connectivity index (χ0n) is 10.7. The lowest BCUT2D eigenvalue weighted by Gasteiger charge is -2.26. The summed E-state index contributed by atoms with van der Waals surface area (Å²) in [4.78, 5) is 0. The van der Waals surface area contributed by atoms with Crippen LogP contribution in [0.3, 0.4) is 0 Å². The first-order valence-electron chi connectivity index (χ1n) is 6.64. The van der Waals surface area contributed by atoms with Gasteiger partial charge in [0, 0.05) is 10.6 Å². The van der Waals surface area contributed by atoms with Gasteiger partial charge in [-0.05, 0) is 29.8 Å². The molecule has 3 nitrogen and oxygen atoms in total. The molecule has 4 heteroatoms. The molecular weight excluding hydrogens is 272 g/mol. The summed E-state index contributed by atoms with van der Waals surface area (Å²) in [6, 6.07) is 16.1. The minimum Gasteiger partial charge on any atom is -0.492 e. The Morgan fingerprint density at radius 1 is 1.10 bits per heavy atom. The van der Waals surface area contributed by atoms with Gasteiger partial charge >= 0.3 is 0 Å². The largest absolute Gasteiger partial charge is 0.492 e. The predicted octanol–water partition coefficient (Wildman–Crippen LogP) is 3.40. The van der Waals surface area contributed by atoms with Gasteiger partial charge in [-0.25, -0.2) is 0 Å². The monoisotopic (exact) mass is 284 g/mol. The summed E-state index contributed by atoms with van der Waals surface area (Å²) in [6.45, 7) is 0.649. The molecule has 0 radical (unpaired) electrons. The van der Waals surface area contributed by atoms with Gasteiger partial charge in [0.05, 0.1) is 24.3 Å². The van der Waals surface area contributed by atoms with Crippen molar-refractivity contribution in [2.45, 2.75) is 6.04 Å². The zero-order chi connectivity index (χ0) is 13.5. The molecule has 0 spiro atoms. The molecule has 0 aromatic heterocycles. The van der Waals surface area contributed by atoms with Crippen LogP contribution in [-0.4, -0.2) is 12.3 Å². The van der Waals surface area contributed by atoms with Crippen molar-refractivity contribution in [2.24, 2.45) is 11.0 Å². The lowest BCUT2D eigenvalue weighted by atomic mass is 9.86. The minimum atomic E-state index is 0.149. The number of ether oxygens (including phenoxy) is 1. The highest BCUT2D eigenvalue weighted by molar-refractivity contribution is 6.30. The molecule has 0 saturated carbocycles. The van der Waals surface area contributed by atoms with Crippen molar-refractivity contribution in [3.8, 4) is 5.75 Å². The standard InChI is InChI=1S/C16H13ClN2O/c17-11-7-5-10(6-8-11)15-13-9-20-14-4-2-1-3-12(14)16(13)19-18-15/h1-8,13,15,18H,9H2/t13-,15+/m0/s1. The Kier molecular flexibility index (Phi) is 2.67. The number of hydrazone groups is 1. The molecule has 2 heterocycles. The summed E-state index contributed by atoms with van der Waals surface area (Å²) < 4.78 is 5.87. The van der Waals surface area contributed by atoms with Gasteiger partial charge in [-0.3, -0.25) is 0 Å². The van der Waals surface area contributed by atoms with Crippen molar-refractivity contribution < 1.29 is 4.74 Å². The summed E-state index contributed by atoms with van der Waals surface area (Å²) in [5.41, 5.74) is 6.60. The van der Waals surface area contributed by atoms with Crippen LogP contribution in [0.5, 0.6) is 5.75 Å². The smallest absolute Gasteiger partial charge is 0.128 e. The third-order valence-corrected chi connectivity index (χ3v) is 4.14. The van der Waals surface area contributed by atoms with Crippen molar-refractivity contribution in [1.82, 2.24) is 5.43 Å². The van der Waals surface area contributed by atoms with Crippen LogP contribution in [-0.2, 0) is 0 Å². The van der Waals surface area contributed by atoms with E-state index in [2.05, 4.69) is 16.6 Å². The molecule has 0 unspecified atom stereocenters. The van der Waals surface area contributed by atoms with Gasteiger partial charge in [-0.2, -0.15) is 5.10 Å². The average Bonchev–Trinajstić information content (AvgIpc) is 2.92. The first-order valence-corrected chi connectivity index (χ1v) is 7.01. The highest BCUT2D eigenvalue weighted by Gasteiger charge is 2.38. The number of para-hydroxylation sites is 1. The lowest BCUT2D eigenvalue weighted by molar-refractivity contribution is 0.254. The van der Waals surface area contributed by atoms with Crippen LogP contribution >= 0.6 is 11.6 Å². The average molecular weight is 285 g/mol. The second-order valence-electron chi connectivity index (χ2n) is 5.07. The highest BCUT2D eigenvalue weighted by Crippen LogP contribution is 2.37. The Balaban J connectivity index is 1.69. The van der Waals surface area contributed by atoms with Crippen LogP contribution in [0.15, 0.2) is 53.6 Å². The van der Waals surface area contributed by atoms with E-state index in [0.29, 0.717) is 6.61 Å². The van der Waals surface area contributed by atoms with E-state index in [0.717, 1.165) is 22.0 Å². The van der Waals surface area contributed by atoms with Crippen LogP contribution < -0.4 is 10.2 Å². The normalized spacial score (nSPS) is 23.1. The number of nitrogens with zero attached hydrogens (tertiary/aromatic N) is 1. The maximum Gasteiger partial charge on any atom is 0.128 e. The molecule has 2 aromatic carbocycles. The van der Waals surface area contributed by atoms with E-state index in [9.17, 15) is 0 Å². The van der Waals surface area contributed by atoms with E-state index in [4.69, 9.17) is 16.3 Å².